The first-order valence-electron chi connectivity index (χ1n) is 6.97. The lowest BCUT2D eigenvalue weighted by Crippen LogP contribution is -2.44. The quantitative estimate of drug-likeness (QED) is 0.884. The second-order valence-electron chi connectivity index (χ2n) is 5.10. The number of carboxylic acid groups (broad SMARTS) is 1. The average Bonchev–Trinajstić information content (AvgIpc) is 2.47. The number of carboxylic acids is 1. The molecule has 5 heteroatoms. The Hall–Kier alpha value is -2.04. The minimum Gasteiger partial charge on any atom is -0.478 e. The van der Waals surface area contributed by atoms with Gasteiger partial charge in [0.25, 0.3) is 0 Å². The van der Waals surface area contributed by atoms with Crippen molar-refractivity contribution in [3.05, 3.63) is 29.8 Å². The third-order valence-electron chi connectivity index (χ3n) is 3.57. The summed E-state index contributed by atoms with van der Waals surface area (Å²) in [4.78, 5) is 25.3. The molecule has 0 bridgehead atoms. The van der Waals surface area contributed by atoms with Crippen LogP contribution in [0.2, 0.25) is 0 Å². The molecule has 0 aromatic heterocycles. The van der Waals surface area contributed by atoms with Gasteiger partial charge in [0.05, 0.1) is 5.56 Å². The minimum absolute atomic E-state index is 0.0323. The molecule has 1 aromatic carbocycles. The topological polar surface area (TPSA) is 69.6 Å². The number of nitrogens with one attached hydrogen (secondary N) is 1. The van der Waals surface area contributed by atoms with Gasteiger partial charge in [0.15, 0.2) is 0 Å². The number of likely N-dealkylation sites (tertiary alicyclic amines) is 1. The first-order chi connectivity index (χ1) is 9.59. The van der Waals surface area contributed by atoms with E-state index in [1.165, 1.54) is 12.5 Å². The predicted octanol–water partition coefficient (Wildman–Crippen LogP) is 2.20. The largest absolute Gasteiger partial charge is 0.478 e. The Labute approximate surface area is 118 Å². The molecular formula is C15H20N2O3. The van der Waals surface area contributed by atoms with Crippen LogP contribution in [0.5, 0.6) is 0 Å². The number of hydrogen-bond acceptors (Lipinski definition) is 3. The zero-order valence-electron chi connectivity index (χ0n) is 11.6. The molecule has 1 fully saturated rings. The molecule has 1 aliphatic rings. The summed E-state index contributed by atoms with van der Waals surface area (Å²) in [5, 5.41) is 12.1. The molecule has 108 valence electrons. The van der Waals surface area contributed by atoms with Crippen LogP contribution in [0, 0.1) is 0 Å². The fourth-order valence-electron chi connectivity index (χ4n) is 2.48. The van der Waals surface area contributed by atoms with Crippen LogP contribution in [0.25, 0.3) is 0 Å². The number of nitrogens with zero attached hydrogens (tertiary/aromatic N) is 1. The van der Waals surface area contributed by atoms with Gasteiger partial charge in [-0.1, -0.05) is 12.1 Å². The summed E-state index contributed by atoms with van der Waals surface area (Å²) < 4.78 is 0. The Morgan fingerprint density at radius 1 is 1.20 bits per heavy atom. The molecule has 1 unspecified atom stereocenters. The van der Waals surface area contributed by atoms with Gasteiger partial charge in [-0.15, -0.1) is 0 Å². The summed E-state index contributed by atoms with van der Waals surface area (Å²) in [5.41, 5.74) is 0.670. The summed E-state index contributed by atoms with van der Waals surface area (Å²) in [6.45, 7) is 3.37. The molecular weight excluding hydrogens is 256 g/mol. The van der Waals surface area contributed by atoms with Gasteiger partial charge < -0.3 is 15.3 Å². The van der Waals surface area contributed by atoms with Crippen molar-refractivity contribution in [2.24, 2.45) is 0 Å². The van der Waals surface area contributed by atoms with Crippen molar-refractivity contribution in [2.75, 3.05) is 18.4 Å². The zero-order valence-corrected chi connectivity index (χ0v) is 11.6. The fraction of sp³-hybridized carbons (Fsp3) is 0.467. The van der Waals surface area contributed by atoms with Crippen LogP contribution in [-0.2, 0) is 4.79 Å². The van der Waals surface area contributed by atoms with E-state index in [1.54, 1.807) is 25.1 Å². The molecule has 20 heavy (non-hydrogen) atoms. The van der Waals surface area contributed by atoms with Gasteiger partial charge in [0, 0.05) is 18.8 Å². The molecule has 1 aromatic rings. The molecule has 1 heterocycles. The molecule has 1 aliphatic heterocycles. The van der Waals surface area contributed by atoms with Gasteiger partial charge in [0.2, 0.25) is 5.91 Å². The lowest BCUT2D eigenvalue weighted by atomic mass is 10.1. The summed E-state index contributed by atoms with van der Waals surface area (Å²) in [5.74, 6) is -0.962. The van der Waals surface area contributed by atoms with Crippen molar-refractivity contribution in [1.29, 1.82) is 0 Å². The molecule has 0 aliphatic carbocycles. The van der Waals surface area contributed by atoms with E-state index in [0.29, 0.717) is 5.69 Å². The van der Waals surface area contributed by atoms with E-state index in [4.69, 9.17) is 5.11 Å². The number of rotatable bonds is 4. The highest BCUT2D eigenvalue weighted by molar-refractivity contribution is 5.95. The number of benzene rings is 1. The van der Waals surface area contributed by atoms with Crippen molar-refractivity contribution in [3.63, 3.8) is 0 Å². The predicted molar refractivity (Wildman–Crippen MR) is 76.9 cm³/mol. The van der Waals surface area contributed by atoms with Crippen molar-refractivity contribution in [3.8, 4) is 0 Å². The highest BCUT2D eigenvalue weighted by Crippen LogP contribution is 2.17. The third-order valence-corrected chi connectivity index (χ3v) is 3.57. The Kier molecular flexibility index (Phi) is 4.61. The smallest absolute Gasteiger partial charge is 0.337 e. The molecule has 5 nitrogen and oxygen atoms in total. The fourth-order valence-corrected chi connectivity index (χ4v) is 2.48. The lowest BCUT2D eigenvalue weighted by Gasteiger charge is -2.30. The summed E-state index contributed by atoms with van der Waals surface area (Å²) in [6, 6.07) is 6.22. The van der Waals surface area contributed by atoms with Crippen LogP contribution in [-0.4, -0.2) is 41.0 Å². The first-order valence-corrected chi connectivity index (χ1v) is 6.97. The monoisotopic (exact) mass is 276 g/mol. The normalized spacial score (nSPS) is 16.6. The van der Waals surface area contributed by atoms with Gasteiger partial charge in [-0.05, 0) is 38.3 Å². The van der Waals surface area contributed by atoms with Gasteiger partial charge in [-0.2, -0.15) is 0 Å². The van der Waals surface area contributed by atoms with E-state index in [9.17, 15) is 9.59 Å². The highest BCUT2D eigenvalue weighted by atomic mass is 16.4. The lowest BCUT2D eigenvalue weighted by molar-refractivity contribution is -0.132. The maximum Gasteiger partial charge on any atom is 0.337 e. The molecule has 2 N–H and O–H groups in total. The average molecular weight is 276 g/mol. The van der Waals surface area contributed by atoms with Crippen LogP contribution >= 0.6 is 0 Å². The second-order valence-corrected chi connectivity index (χ2v) is 5.10. The van der Waals surface area contributed by atoms with Gasteiger partial charge >= 0.3 is 5.97 Å². The Morgan fingerprint density at radius 3 is 2.50 bits per heavy atom. The maximum absolute atomic E-state index is 12.3. The number of hydrogen-bond donors (Lipinski definition) is 2. The SMILES string of the molecule is CC(Nc1ccccc1C(=O)O)C(=O)N1CCCCC1. The Morgan fingerprint density at radius 2 is 1.85 bits per heavy atom. The first kappa shape index (κ1) is 14.4. The molecule has 0 radical (unpaired) electrons. The van der Waals surface area contributed by atoms with Gasteiger partial charge in [-0.25, -0.2) is 4.79 Å². The maximum atomic E-state index is 12.3. The number of aromatic carboxylic acids is 1. The van der Waals surface area contributed by atoms with Gasteiger partial charge in [0.1, 0.15) is 6.04 Å². The third kappa shape index (κ3) is 3.29. The van der Waals surface area contributed by atoms with Crippen LogP contribution in [0.1, 0.15) is 36.5 Å². The molecule has 1 atom stereocenters. The molecule has 0 saturated carbocycles. The number of piperidine rings is 1. The van der Waals surface area contributed by atoms with Crippen LogP contribution in [0.15, 0.2) is 24.3 Å². The van der Waals surface area contributed by atoms with Crippen molar-refractivity contribution < 1.29 is 14.7 Å². The Balaban J connectivity index is 2.05. The number of anilines is 1. The van der Waals surface area contributed by atoms with E-state index in [1.807, 2.05) is 4.90 Å². The Bertz CT molecular complexity index is 496. The number of carbonyl (C=O) groups is 2. The van der Waals surface area contributed by atoms with E-state index in [0.717, 1.165) is 25.9 Å². The van der Waals surface area contributed by atoms with Crippen LogP contribution in [0.4, 0.5) is 5.69 Å². The molecule has 1 amide bonds. The summed E-state index contributed by atoms with van der Waals surface area (Å²) in [7, 11) is 0. The van der Waals surface area contributed by atoms with Crippen LogP contribution < -0.4 is 5.32 Å². The number of carbonyl (C=O) groups excluding carboxylic acids is 1. The number of amides is 1. The number of para-hydroxylation sites is 1. The van der Waals surface area contributed by atoms with Crippen molar-refractivity contribution in [2.45, 2.75) is 32.2 Å². The standard InChI is InChI=1S/C15H20N2O3/c1-11(14(18)17-9-5-2-6-10-17)16-13-8-4-3-7-12(13)15(19)20/h3-4,7-8,11,16H,2,5-6,9-10H2,1H3,(H,19,20). The molecule has 2 rings (SSSR count). The second kappa shape index (κ2) is 6.41. The minimum atomic E-state index is -0.995. The van der Waals surface area contributed by atoms with E-state index in [2.05, 4.69) is 5.32 Å². The summed E-state index contributed by atoms with van der Waals surface area (Å²) >= 11 is 0. The highest BCUT2D eigenvalue weighted by Gasteiger charge is 2.23. The van der Waals surface area contributed by atoms with Crippen molar-refractivity contribution in [1.82, 2.24) is 4.90 Å². The molecule has 1 saturated heterocycles. The van der Waals surface area contributed by atoms with E-state index >= 15 is 0 Å². The van der Waals surface area contributed by atoms with Crippen molar-refractivity contribution >= 4 is 17.6 Å². The van der Waals surface area contributed by atoms with Crippen LogP contribution in [0.3, 0.4) is 0 Å². The van der Waals surface area contributed by atoms with E-state index in [-0.39, 0.29) is 11.5 Å². The molecule has 0 spiro atoms. The van der Waals surface area contributed by atoms with Gasteiger partial charge in [-0.3, -0.25) is 4.79 Å². The summed E-state index contributed by atoms with van der Waals surface area (Å²) in [6.07, 6.45) is 3.27. The van der Waals surface area contributed by atoms with E-state index < -0.39 is 12.0 Å². The zero-order chi connectivity index (χ0) is 14.5.